The third-order valence-electron chi connectivity index (χ3n) is 2.18. The average molecular weight is 225 g/mol. The summed E-state index contributed by atoms with van der Waals surface area (Å²) in [4.78, 5) is 0. The molecule has 1 unspecified atom stereocenters. The molecular formula is C12H19NO3. The molecule has 90 valence electrons. The number of ether oxygens (including phenoxy) is 2. The van der Waals surface area contributed by atoms with Crippen LogP contribution in [0.1, 0.15) is 25.5 Å². The minimum atomic E-state index is -0.495. The van der Waals surface area contributed by atoms with E-state index in [0.717, 1.165) is 0 Å². The van der Waals surface area contributed by atoms with E-state index in [1.165, 1.54) is 0 Å². The number of methoxy groups -OCH3 is 1. The summed E-state index contributed by atoms with van der Waals surface area (Å²) in [5.41, 5.74) is 6.55. The second-order valence-corrected chi connectivity index (χ2v) is 3.83. The van der Waals surface area contributed by atoms with Crippen LogP contribution < -0.4 is 15.2 Å². The molecule has 0 aliphatic carbocycles. The van der Waals surface area contributed by atoms with E-state index in [1.807, 2.05) is 26.0 Å². The number of rotatable bonds is 5. The van der Waals surface area contributed by atoms with Crippen molar-refractivity contribution in [2.24, 2.45) is 5.73 Å². The summed E-state index contributed by atoms with van der Waals surface area (Å²) in [7, 11) is 1.57. The van der Waals surface area contributed by atoms with Crippen molar-refractivity contribution in [1.29, 1.82) is 0 Å². The van der Waals surface area contributed by atoms with Gasteiger partial charge in [0.15, 0.2) is 0 Å². The molecule has 0 bridgehead atoms. The topological polar surface area (TPSA) is 64.7 Å². The lowest BCUT2D eigenvalue weighted by Gasteiger charge is -2.19. The lowest BCUT2D eigenvalue weighted by molar-refractivity contribution is 0.226. The maximum absolute atomic E-state index is 9.13. The van der Waals surface area contributed by atoms with Crippen molar-refractivity contribution in [1.82, 2.24) is 0 Å². The van der Waals surface area contributed by atoms with Gasteiger partial charge < -0.3 is 20.3 Å². The van der Waals surface area contributed by atoms with Gasteiger partial charge in [0.2, 0.25) is 0 Å². The van der Waals surface area contributed by atoms with Crippen LogP contribution >= 0.6 is 0 Å². The van der Waals surface area contributed by atoms with Crippen LogP contribution in [0.15, 0.2) is 18.2 Å². The number of benzene rings is 1. The van der Waals surface area contributed by atoms with Crippen molar-refractivity contribution < 1.29 is 14.6 Å². The fraction of sp³-hybridized carbons (Fsp3) is 0.500. The Labute approximate surface area is 96.0 Å². The van der Waals surface area contributed by atoms with Crippen molar-refractivity contribution in [2.75, 3.05) is 13.7 Å². The number of nitrogens with two attached hydrogens (primary N) is 1. The predicted molar refractivity (Wildman–Crippen MR) is 62.8 cm³/mol. The summed E-state index contributed by atoms with van der Waals surface area (Å²) in [5, 5.41) is 9.13. The van der Waals surface area contributed by atoms with Gasteiger partial charge in [0, 0.05) is 0 Å². The first kappa shape index (κ1) is 12.8. The molecule has 0 saturated heterocycles. The third kappa shape index (κ3) is 2.87. The molecule has 3 N–H and O–H groups in total. The summed E-state index contributed by atoms with van der Waals surface area (Å²) in [6.45, 7) is 3.73. The van der Waals surface area contributed by atoms with E-state index >= 15 is 0 Å². The zero-order chi connectivity index (χ0) is 12.1. The monoisotopic (exact) mass is 225 g/mol. The van der Waals surface area contributed by atoms with E-state index < -0.39 is 6.04 Å². The van der Waals surface area contributed by atoms with Crippen LogP contribution in [0.2, 0.25) is 0 Å². The van der Waals surface area contributed by atoms with E-state index in [0.29, 0.717) is 17.1 Å². The van der Waals surface area contributed by atoms with Gasteiger partial charge in [0.1, 0.15) is 11.5 Å². The molecule has 0 aliphatic rings. The maximum Gasteiger partial charge on any atom is 0.128 e. The Balaban J connectivity index is 3.14. The Hall–Kier alpha value is -1.26. The molecule has 16 heavy (non-hydrogen) atoms. The summed E-state index contributed by atoms with van der Waals surface area (Å²) in [6.07, 6.45) is 0.0525. The van der Waals surface area contributed by atoms with Crippen LogP contribution in [0.25, 0.3) is 0 Å². The molecule has 0 spiro atoms. The number of aliphatic hydroxyl groups excluding tert-OH is 1. The minimum absolute atomic E-state index is 0.0525. The molecule has 1 atom stereocenters. The Bertz CT molecular complexity index is 339. The van der Waals surface area contributed by atoms with Crippen molar-refractivity contribution in [3.8, 4) is 11.5 Å². The smallest absolute Gasteiger partial charge is 0.128 e. The quantitative estimate of drug-likeness (QED) is 0.796. The molecule has 0 saturated carbocycles. The molecule has 1 aromatic carbocycles. The van der Waals surface area contributed by atoms with Crippen LogP contribution in [0.3, 0.4) is 0 Å². The van der Waals surface area contributed by atoms with Crippen molar-refractivity contribution in [3.63, 3.8) is 0 Å². The molecule has 0 aliphatic heterocycles. The Morgan fingerprint density at radius 2 is 1.94 bits per heavy atom. The highest BCUT2D eigenvalue weighted by Gasteiger charge is 2.17. The molecule has 1 aromatic rings. The molecular weight excluding hydrogens is 206 g/mol. The summed E-state index contributed by atoms with van der Waals surface area (Å²) in [5.74, 6) is 1.30. The Morgan fingerprint density at radius 1 is 1.31 bits per heavy atom. The van der Waals surface area contributed by atoms with Crippen LogP contribution in [-0.2, 0) is 0 Å². The molecule has 0 heterocycles. The van der Waals surface area contributed by atoms with Gasteiger partial charge in [-0.3, -0.25) is 0 Å². The number of aliphatic hydroxyl groups is 1. The van der Waals surface area contributed by atoms with E-state index in [9.17, 15) is 0 Å². The van der Waals surface area contributed by atoms with Crippen molar-refractivity contribution in [2.45, 2.75) is 26.0 Å². The normalized spacial score (nSPS) is 12.6. The van der Waals surface area contributed by atoms with E-state index in [2.05, 4.69) is 0 Å². The molecule has 0 aromatic heterocycles. The van der Waals surface area contributed by atoms with Gasteiger partial charge in [-0.25, -0.2) is 0 Å². The van der Waals surface area contributed by atoms with Crippen molar-refractivity contribution >= 4 is 0 Å². The first-order valence-electron chi connectivity index (χ1n) is 5.30. The Morgan fingerprint density at radius 3 is 2.44 bits per heavy atom. The average Bonchev–Trinajstić information content (AvgIpc) is 2.27. The molecule has 4 heteroatoms. The SMILES string of the molecule is COc1cccc(OC(C)C)c1C(N)CO. The van der Waals surface area contributed by atoms with Crippen LogP contribution in [0.5, 0.6) is 11.5 Å². The fourth-order valence-electron chi connectivity index (χ4n) is 1.52. The van der Waals surface area contributed by atoms with Gasteiger partial charge in [-0.1, -0.05) is 6.07 Å². The van der Waals surface area contributed by atoms with Gasteiger partial charge in [-0.15, -0.1) is 0 Å². The standard InChI is InChI=1S/C12H19NO3/c1-8(2)16-11-6-4-5-10(15-3)12(11)9(13)7-14/h4-6,8-9,14H,7,13H2,1-3H3. The fourth-order valence-corrected chi connectivity index (χ4v) is 1.52. The summed E-state index contributed by atoms with van der Waals surface area (Å²) >= 11 is 0. The van der Waals surface area contributed by atoms with E-state index in [1.54, 1.807) is 13.2 Å². The predicted octanol–water partition coefficient (Wildman–Crippen LogP) is 1.47. The van der Waals surface area contributed by atoms with Gasteiger partial charge >= 0.3 is 0 Å². The molecule has 1 rings (SSSR count). The molecule has 4 nitrogen and oxygen atoms in total. The van der Waals surface area contributed by atoms with Crippen LogP contribution in [0, 0.1) is 0 Å². The number of hydrogen-bond donors (Lipinski definition) is 2. The number of hydrogen-bond acceptors (Lipinski definition) is 4. The molecule has 0 radical (unpaired) electrons. The molecule has 0 fully saturated rings. The highest BCUT2D eigenvalue weighted by Crippen LogP contribution is 2.33. The van der Waals surface area contributed by atoms with Gasteiger partial charge in [0.25, 0.3) is 0 Å². The first-order chi connectivity index (χ1) is 7.60. The van der Waals surface area contributed by atoms with Gasteiger partial charge in [-0.2, -0.15) is 0 Å². The van der Waals surface area contributed by atoms with Crippen molar-refractivity contribution in [3.05, 3.63) is 23.8 Å². The minimum Gasteiger partial charge on any atom is -0.496 e. The lowest BCUT2D eigenvalue weighted by atomic mass is 10.1. The third-order valence-corrected chi connectivity index (χ3v) is 2.18. The van der Waals surface area contributed by atoms with Crippen LogP contribution in [-0.4, -0.2) is 24.9 Å². The first-order valence-corrected chi connectivity index (χ1v) is 5.30. The van der Waals surface area contributed by atoms with Crippen LogP contribution in [0.4, 0.5) is 0 Å². The largest absolute Gasteiger partial charge is 0.496 e. The van der Waals surface area contributed by atoms with Gasteiger partial charge in [-0.05, 0) is 26.0 Å². The highest BCUT2D eigenvalue weighted by molar-refractivity contribution is 5.47. The van der Waals surface area contributed by atoms with Gasteiger partial charge in [0.05, 0.1) is 31.4 Å². The molecule has 0 amide bonds. The summed E-state index contributed by atoms with van der Waals surface area (Å²) in [6, 6.07) is 4.97. The Kier molecular flexibility index (Phi) is 4.58. The van der Waals surface area contributed by atoms with E-state index in [4.69, 9.17) is 20.3 Å². The lowest BCUT2D eigenvalue weighted by Crippen LogP contribution is -2.18. The zero-order valence-electron chi connectivity index (χ0n) is 9.93. The second-order valence-electron chi connectivity index (χ2n) is 3.83. The maximum atomic E-state index is 9.13. The highest BCUT2D eigenvalue weighted by atomic mass is 16.5. The summed E-state index contributed by atoms with van der Waals surface area (Å²) < 4.78 is 10.9. The second kappa shape index (κ2) is 5.72. The van der Waals surface area contributed by atoms with E-state index in [-0.39, 0.29) is 12.7 Å². The zero-order valence-corrected chi connectivity index (χ0v) is 9.93.